The number of hydrogen-bond acceptors (Lipinski definition) is 11. The maximum absolute atomic E-state index is 12.9. The topological polar surface area (TPSA) is 178 Å². The fourth-order valence-corrected chi connectivity index (χ4v) is 9.24. The Morgan fingerprint density at radius 3 is 1.36 bits per heavy atom. The summed E-state index contributed by atoms with van der Waals surface area (Å²) in [5, 5.41) is 30.8. The highest BCUT2D eigenvalue weighted by molar-refractivity contribution is 7.80. The predicted molar refractivity (Wildman–Crippen MR) is 267 cm³/mol. The van der Waals surface area contributed by atoms with Crippen LogP contribution in [-0.4, -0.2) is 97.5 Å². The number of esters is 1. The normalized spacial score (nSPS) is 19.5. The van der Waals surface area contributed by atoms with Gasteiger partial charge in [-0.15, -0.1) is 0 Å². The molecule has 0 saturated carbocycles. The van der Waals surface area contributed by atoms with Crippen molar-refractivity contribution in [2.75, 3.05) is 26.4 Å². The van der Waals surface area contributed by atoms with Crippen molar-refractivity contribution >= 4 is 16.4 Å². The van der Waals surface area contributed by atoms with E-state index in [2.05, 4.69) is 30.2 Å². The molecule has 1 fully saturated rings. The largest absolute Gasteiger partial charge is 0.457 e. The van der Waals surface area contributed by atoms with Gasteiger partial charge in [0.25, 0.3) is 0 Å². The van der Waals surface area contributed by atoms with Crippen molar-refractivity contribution in [3.8, 4) is 0 Å². The van der Waals surface area contributed by atoms with Crippen LogP contribution < -0.4 is 0 Å². The van der Waals surface area contributed by atoms with Crippen molar-refractivity contribution < 1.29 is 56.2 Å². The lowest BCUT2D eigenvalue weighted by Gasteiger charge is -2.41. The Bertz CT molecular complexity index is 1200. The Hall–Kier alpha value is -1.16. The van der Waals surface area contributed by atoms with E-state index in [-0.39, 0.29) is 19.6 Å². The number of aliphatic hydroxyl groups is 3. The van der Waals surface area contributed by atoms with Crippen molar-refractivity contribution in [3.05, 3.63) is 12.2 Å². The molecule has 4 N–H and O–H groups in total. The maximum atomic E-state index is 12.9. The molecule has 392 valence electrons. The third kappa shape index (κ3) is 37.7. The van der Waals surface area contributed by atoms with Crippen LogP contribution in [0, 0.1) is 0 Å². The smallest absolute Gasteiger partial charge is 0.397 e. The van der Waals surface area contributed by atoms with Crippen molar-refractivity contribution in [1.29, 1.82) is 0 Å². The van der Waals surface area contributed by atoms with Gasteiger partial charge in [0.05, 0.1) is 19.8 Å². The van der Waals surface area contributed by atoms with Gasteiger partial charge in [0.1, 0.15) is 30.5 Å². The van der Waals surface area contributed by atoms with Gasteiger partial charge < -0.3 is 34.3 Å². The molecule has 0 aromatic carbocycles. The Kier molecular flexibility index (Phi) is 42.9. The molecule has 0 aromatic heterocycles. The summed E-state index contributed by atoms with van der Waals surface area (Å²) in [4.78, 5) is 12.9. The third-order valence-corrected chi connectivity index (χ3v) is 13.4. The first kappa shape index (κ1) is 62.9. The lowest BCUT2D eigenvalue weighted by atomic mass is 9.99. The maximum Gasteiger partial charge on any atom is 0.397 e. The number of ether oxygens (including phenoxy) is 4. The minimum absolute atomic E-state index is 0.0390. The van der Waals surface area contributed by atoms with E-state index in [9.17, 15) is 33.1 Å². The van der Waals surface area contributed by atoms with Crippen molar-refractivity contribution in [2.24, 2.45) is 0 Å². The van der Waals surface area contributed by atoms with Gasteiger partial charge in [0, 0.05) is 13.0 Å². The van der Waals surface area contributed by atoms with E-state index < -0.39 is 59.8 Å². The second-order valence-electron chi connectivity index (χ2n) is 19.2. The molecule has 0 spiro atoms. The van der Waals surface area contributed by atoms with E-state index in [0.29, 0.717) is 13.0 Å². The standard InChI is InChI=1S/C53H102O12S/c1-3-5-7-9-11-13-15-17-19-21-22-23-24-25-26-27-29-31-33-35-37-39-41-43-61-45-47(46-62-53-51(57)52(65-66(58,59)60)50(56)48(44-54)64-53)63-49(55)42-40-38-36-34-32-30-28-20-18-16-14-12-10-8-6-4-2/h20,28,47-48,50-54,56-57H,3-19,21-27,29-46H2,1-2H3,(H,58,59,60)/b28-20-. The van der Waals surface area contributed by atoms with Gasteiger partial charge in [-0.3, -0.25) is 9.35 Å². The van der Waals surface area contributed by atoms with Gasteiger partial charge in [-0.2, -0.15) is 8.42 Å². The number of carbonyl (C=O) groups excluding carboxylic acids is 1. The van der Waals surface area contributed by atoms with E-state index in [0.717, 1.165) is 57.8 Å². The highest BCUT2D eigenvalue weighted by atomic mass is 32.3. The highest BCUT2D eigenvalue weighted by Crippen LogP contribution is 2.26. The van der Waals surface area contributed by atoms with E-state index >= 15 is 0 Å². The SMILES string of the molecule is CCCCCCCCC/C=C\CCCCCCCC(=O)OC(COCCCCCCCCCCCCCCCCCCCCCCCCC)COC1OC(CO)C(O)C(OS(=O)(=O)O)C1O. The second-order valence-corrected chi connectivity index (χ2v) is 20.2. The molecule has 1 heterocycles. The Labute approximate surface area is 404 Å². The van der Waals surface area contributed by atoms with Crippen LogP contribution in [-0.2, 0) is 38.3 Å². The van der Waals surface area contributed by atoms with Gasteiger partial charge in [0.2, 0.25) is 0 Å². The van der Waals surface area contributed by atoms with Crippen molar-refractivity contribution in [2.45, 2.75) is 295 Å². The van der Waals surface area contributed by atoms with Gasteiger partial charge in [0.15, 0.2) is 6.29 Å². The van der Waals surface area contributed by atoms with E-state index in [1.807, 2.05) is 0 Å². The molecule has 6 atom stereocenters. The van der Waals surface area contributed by atoms with Gasteiger partial charge in [-0.25, -0.2) is 4.18 Å². The van der Waals surface area contributed by atoms with Crippen LogP contribution in [0.3, 0.4) is 0 Å². The Morgan fingerprint density at radius 1 is 0.561 bits per heavy atom. The summed E-state index contributed by atoms with van der Waals surface area (Å²) in [6, 6.07) is 0. The molecule has 0 amide bonds. The zero-order valence-corrected chi connectivity index (χ0v) is 43.1. The van der Waals surface area contributed by atoms with Crippen LogP contribution in [0.15, 0.2) is 12.2 Å². The monoisotopic (exact) mass is 963 g/mol. The Morgan fingerprint density at radius 2 is 0.955 bits per heavy atom. The van der Waals surface area contributed by atoms with Gasteiger partial charge >= 0.3 is 16.4 Å². The fourth-order valence-electron chi connectivity index (χ4n) is 8.73. The molecule has 66 heavy (non-hydrogen) atoms. The number of carbonyl (C=O) groups is 1. The molecule has 0 aromatic rings. The quantitative estimate of drug-likeness (QED) is 0.0197. The van der Waals surface area contributed by atoms with Gasteiger partial charge in [-0.1, -0.05) is 225 Å². The molecule has 12 nitrogen and oxygen atoms in total. The minimum atomic E-state index is -5.06. The summed E-state index contributed by atoms with van der Waals surface area (Å²) in [5.74, 6) is -0.401. The molecular weight excluding hydrogens is 861 g/mol. The lowest BCUT2D eigenvalue weighted by Crippen LogP contribution is -2.60. The van der Waals surface area contributed by atoms with Crippen LogP contribution in [0.25, 0.3) is 0 Å². The summed E-state index contributed by atoms with van der Waals surface area (Å²) in [7, 11) is -5.06. The first-order valence-corrected chi connectivity index (χ1v) is 28.8. The van der Waals surface area contributed by atoms with Crippen LogP contribution in [0.5, 0.6) is 0 Å². The molecule has 0 radical (unpaired) electrons. The summed E-state index contributed by atoms with van der Waals surface area (Å²) in [6.45, 7) is 4.04. The average molecular weight is 963 g/mol. The van der Waals surface area contributed by atoms with Crippen molar-refractivity contribution in [3.63, 3.8) is 0 Å². The van der Waals surface area contributed by atoms with Gasteiger partial charge in [-0.05, 0) is 38.5 Å². The molecule has 0 aliphatic carbocycles. The third-order valence-electron chi connectivity index (χ3n) is 12.9. The lowest BCUT2D eigenvalue weighted by molar-refractivity contribution is -0.301. The zero-order valence-electron chi connectivity index (χ0n) is 42.3. The number of unbranched alkanes of at least 4 members (excludes halogenated alkanes) is 34. The second kappa shape index (κ2) is 45.0. The van der Waals surface area contributed by atoms with Crippen LogP contribution in [0.2, 0.25) is 0 Å². The average Bonchev–Trinajstić information content (AvgIpc) is 3.29. The van der Waals surface area contributed by atoms with Crippen LogP contribution in [0.1, 0.15) is 258 Å². The summed E-state index contributed by atoms with van der Waals surface area (Å²) >= 11 is 0. The first-order valence-electron chi connectivity index (χ1n) is 27.4. The number of allylic oxidation sites excluding steroid dienone is 2. The van der Waals surface area contributed by atoms with Crippen molar-refractivity contribution in [1.82, 2.24) is 0 Å². The minimum Gasteiger partial charge on any atom is -0.457 e. The summed E-state index contributed by atoms with van der Waals surface area (Å²) in [6.07, 6.45) is 42.5. The summed E-state index contributed by atoms with van der Waals surface area (Å²) < 4.78 is 59.3. The molecule has 1 aliphatic rings. The predicted octanol–water partition coefficient (Wildman–Crippen LogP) is 13.0. The molecule has 1 rings (SSSR count). The Balaban J connectivity index is 2.30. The molecule has 6 unspecified atom stereocenters. The molecular formula is C53H102O12S. The number of rotatable bonds is 49. The number of aliphatic hydroxyl groups excluding tert-OH is 3. The summed E-state index contributed by atoms with van der Waals surface area (Å²) in [5.41, 5.74) is 0. The highest BCUT2D eigenvalue weighted by Gasteiger charge is 2.48. The zero-order chi connectivity index (χ0) is 48.2. The van der Waals surface area contributed by atoms with E-state index in [4.69, 9.17) is 18.9 Å². The molecule has 13 heteroatoms. The number of hydrogen-bond donors (Lipinski definition) is 4. The van der Waals surface area contributed by atoms with Crippen LogP contribution in [0.4, 0.5) is 0 Å². The fraction of sp³-hybridized carbons (Fsp3) is 0.943. The van der Waals surface area contributed by atoms with E-state index in [1.54, 1.807) is 0 Å². The molecule has 1 saturated heterocycles. The van der Waals surface area contributed by atoms with Crippen LogP contribution >= 0.6 is 0 Å². The van der Waals surface area contributed by atoms with E-state index in [1.165, 1.54) is 173 Å². The molecule has 0 bridgehead atoms. The molecule has 1 aliphatic heterocycles. The first-order chi connectivity index (χ1) is 32.1.